The summed E-state index contributed by atoms with van der Waals surface area (Å²) >= 11 is 6.21. The van der Waals surface area contributed by atoms with Crippen LogP contribution in [0.1, 0.15) is 25.8 Å². The SMILES string of the molecule is COCCCOc1cccc(Cl)c1CNC(C)C. The summed E-state index contributed by atoms with van der Waals surface area (Å²) < 4.78 is 10.7. The summed E-state index contributed by atoms with van der Waals surface area (Å²) in [5.41, 5.74) is 1.02. The Kier molecular flexibility index (Phi) is 7.09. The quantitative estimate of drug-likeness (QED) is 0.736. The molecule has 1 aromatic rings. The second-order valence-corrected chi connectivity index (χ2v) is 4.85. The minimum atomic E-state index is 0.419. The fourth-order valence-electron chi connectivity index (χ4n) is 1.54. The molecule has 0 atom stereocenters. The highest BCUT2D eigenvalue weighted by molar-refractivity contribution is 6.31. The van der Waals surface area contributed by atoms with Gasteiger partial charge in [-0.1, -0.05) is 31.5 Å². The summed E-state index contributed by atoms with van der Waals surface area (Å²) in [6, 6.07) is 6.17. The smallest absolute Gasteiger partial charge is 0.125 e. The summed E-state index contributed by atoms with van der Waals surface area (Å²) in [4.78, 5) is 0. The van der Waals surface area contributed by atoms with Crippen molar-refractivity contribution < 1.29 is 9.47 Å². The van der Waals surface area contributed by atoms with Crippen LogP contribution in [0.2, 0.25) is 5.02 Å². The lowest BCUT2D eigenvalue weighted by atomic mass is 10.2. The van der Waals surface area contributed by atoms with Gasteiger partial charge in [-0.25, -0.2) is 0 Å². The molecule has 0 aromatic heterocycles. The van der Waals surface area contributed by atoms with E-state index in [4.69, 9.17) is 21.1 Å². The highest BCUT2D eigenvalue weighted by Gasteiger charge is 2.08. The van der Waals surface area contributed by atoms with Crippen LogP contribution in [0.3, 0.4) is 0 Å². The summed E-state index contributed by atoms with van der Waals surface area (Å²) in [6.07, 6.45) is 0.875. The minimum absolute atomic E-state index is 0.419. The van der Waals surface area contributed by atoms with Gasteiger partial charge in [-0.15, -0.1) is 0 Å². The van der Waals surface area contributed by atoms with Gasteiger partial charge in [0, 0.05) is 43.3 Å². The summed E-state index contributed by atoms with van der Waals surface area (Å²) in [5, 5.41) is 4.10. The number of hydrogen-bond donors (Lipinski definition) is 1. The maximum atomic E-state index is 6.21. The normalized spacial score (nSPS) is 10.9. The Morgan fingerprint density at radius 2 is 2.06 bits per heavy atom. The standard InChI is InChI=1S/C14H22ClNO2/c1-11(2)16-10-12-13(15)6-4-7-14(12)18-9-5-8-17-3/h4,6-7,11,16H,5,8-10H2,1-3H3. The molecule has 1 rings (SSSR count). The highest BCUT2D eigenvalue weighted by Crippen LogP contribution is 2.26. The molecular weight excluding hydrogens is 250 g/mol. The number of benzene rings is 1. The molecule has 0 fully saturated rings. The van der Waals surface area contributed by atoms with E-state index >= 15 is 0 Å². The third-order valence-corrected chi connectivity index (χ3v) is 2.87. The minimum Gasteiger partial charge on any atom is -0.493 e. The van der Waals surface area contributed by atoms with Crippen LogP contribution in [0.4, 0.5) is 0 Å². The first kappa shape index (κ1) is 15.3. The zero-order valence-electron chi connectivity index (χ0n) is 11.3. The van der Waals surface area contributed by atoms with Gasteiger partial charge in [-0.2, -0.15) is 0 Å². The lowest BCUT2D eigenvalue weighted by Gasteiger charge is -2.15. The average Bonchev–Trinajstić information content (AvgIpc) is 2.33. The second-order valence-electron chi connectivity index (χ2n) is 4.45. The molecule has 18 heavy (non-hydrogen) atoms. The molecule has 0 spiro atoms. The van der Waals surface area contributed by atoms with E-state index in [1.54, 1.807) is 7.11 Å². The van der Waals surface area contributed by atoms with Crippen molar-refractivity contribution in [3.05, 3.63) is 28.8 Å². The molecule has 4 heteroatoms. The van der Waals surface area contributed by atoms with Gasteiger partial charge in [0.25, 0.3) is 0 Å². The van der Waals surface area contributed by atoms with Crippen molar-refractivity contribution in [2.45, 2.75) is 32.9 Å². The molecule has 0 saturated carbocycles. The van der Waals surface area contributed by atoms with Gasteiger partial charge in [0.1, 0.15) is 5.75 Å². The van der Waals surface area contributed by atoms with Crippen LogP contribution in [0.5, 0.6) is 5.75 Å². The molecule has 1 aromatic carbocycles. The van der Waals surface area contributed by atoms with Crippen LogP contribution in [0.15, 0.2) is 18.2 Å². The van der Waals surface area contributed by atoms with E-state index in [-0.39, 0.29) is 0 Å². The summed E-state index contributed by atoms with van der Waals surface area (Å²) in [5.74, 6) is 0.853. The van der Waals surface area contributed by atoms with Crippen molar-refractivity contribution in [3.8, 4) is 5.75 Å². The molecule has 0 bridgehead atoms. The number of rotatable bonds is 8. The lowest BCUT2D eigenvalue weighted by molar-refractivity contribution is 0.171. The number of ether oxygens (including phenoxy) is 2. The van der Waals surface area contributed by atoms with Crippen molar-refractivity contribution >= 4 is 11.6 Å². The molecule has 0 radical (unpaired) electrons. The molecule has 1 N–H and O–H groups in total. The predicted octanol–water partition coefficient (Wildman–Crippen LogP) is 3.25. The Hall–Kier alpha value is -0.770. The van der Waals surface area contributed by atoms with E-state index in [2.05, 4.69) is 19.2 Å². The summed E-state index contributed by atoms with van der Waals surface area (Å²) in [6.45, 7) is 6.28. The van der Waals surface area contributed by atoms with Crippen molar-refractivity contribution in [2.75, 3.05) is 20.3 Å². The Labute approximate surface area is 114 Å². The Bertz CT molecular complexity index is 356. The first-order chi connectivity index (χ1) is 8.65. The Morgan fingerprint density at radius 1 is 1.28 bits per heavy atom. The van der Waals surface area contributed by atoms with Gasteiger partial charge in [0.2, 0.25) is 0 Å². The molecule has 3 nitrogen and oxygen atoms in total. The van der Waals surface area contributed by atoms with Crippen molar-refractivity contribution in [1.82, 2.24) is 5.32 Å². The van der Waals surface area contributed by atoms with E-state index in [1.807, 2.05) is 18.2 Å². The second kappa shape index (κ2) is 8.35. The fourth-order valence-corrected chi connectivity index (χ4v) is 1.77. The van der Waals surface area contributed by atoms with E-state index < -0.39 is 0 Å². The van der Waals surface area contributed by atoms with Crippen molar-refractivity contribution in [2.24, 2.45) is 0 Å². The molecule has 0 saturated heterocycles. The van der Waals surface area contributed by atoms with Crippen molar-refractivity contribution in [1.29, 1.82) is 0 Å². The van der Waals surface area contributed by atoms with Gasteiger partial charge in [-0.3, -0.25) is 0 Å². The van der Waals surface area contributed by atoms with Crippen LogP contribution in [-0.4, -0.2) is 26.4 Å². The van der Waals surface area contributed by atoms with Crippen LogP contribution >= 0.6 is 11.6 Å². The number of hydrogen-bond acceptors (Lipinski definition) is 3. The van der Waals surface area contributed by atoms with Gasteiger partial charge in [0.05, 0.1) is 6.61 Å². The predicted molar refractivity (Wildman–Crippen MR) is 75.4 cm³/mol. The molecule has 102 valence electrons. The van der Waals surface area contributed by atoms with Gasteiger partial charge >= 0.3 is 0 Å². The number of halogens is 1. The number of methoxy groups -OCH3 is 1. The third-order valence-electron chi connectivity index (χ3n) is 2.51. The molecule has 0 heterocycles. The molecule has 0 amide bonds. The van der Waals surface area contributed by atoms with E-state index in [9.17, 15) is 0 Å². The van der Waals surface area contributed by atoms with E-state index in [0.717, 1.165) is 29.3 Å². The van der Waals surface area contributed by atoms with E-state index in [0.29, 0.717) is 19.3 Å². The molecule has 0 aliphatic rings. The topological polar surface area (TPSA) is 30.5 Å². The molecule has 0 aliphatic carbocycles. The Balaban J connectivity index is 2.61. The summed E-state index contributed by atoms with van der Waals surface area (Å²) in [7, 11) is 1.69. The third kappa shape index (κ3) is 5.25. The lowest BCUT2D eigenvalue weighted by Crippen LogP contribution is -2.22. The monoisotopic (exact) mass is 271 g/mol. The zero-order chi connectivity index (χ0) is 13.4. The first-order valence-corrected chi connectivity index (χ1v) is 6.65. The van der Waals surface area contributed by atoms with Crippen LogP contribution in [-0.2, 0) is 11.3 Å². The fraction of sp³-hybridized carbons (Fsp3) is 0.571. The van der Waals surface area contributed by atoms with Crippen LogP contribution in [0.25, 0.3) is 0 Å². The zero-order valence-corrected chi connectivity index (χ0v) is 12.1. The molecule has 0 unspecified atom stereocenters. The average molecular weight is 272 g/mol. The van der Waals surface area contributed by atoms with E-state index in [1.165, 1.54) is 0 Å². The van der Waals surface area contributed by atoms with Crippen molar-refractivity contribution in [3.63, 3.8) is 0 Å². The van der Waals surface area contributed by atoms with Gasteiger partial charge < -0.3 is 14.8 Å². The molecular formula is C14H22ClNO2. The maximum Gasteiger partial charge on any atom is 0.125 e. The van der Waals surface area contributed by atoms with Crippen LogP contribution in [0, 0.1) is 0 Å². The van der Waals surface area contributed by atoms with Gasteiger partial charge in [-0.05, 0) is 12.1 Å². The Morgan fingerprint density at radius 3 is 2.72 bits per heavy atom. The largest absolute Gasteiger partial charge is 0.493 e. The van der Waals surface area contributed by atoms with Gasteiger partial charge in [0.15, 0.2) is 0 Å². The molecule has 0 aliphatic heterocycles. The maximum absolute atomic E-state index is 6.21. The van der Waals surface area contributed by atoms with Crippen LogP contribution < -0.4 is 10.1 Å². The number of nitrogens with one attached hydrogen (secondary N) is 1. The highest BCUT2D eigenvalue weighted by atomic mass is 35.5. The first-order valence-electron chi connectivity index (χ1n) is 6.27.